The quantitative estimate of drug-likeness (QED) is 0.175. The second-order valence-corrected chi connectivity index (χ2v) is 10.9. The Labute approximate surface area is 222 Å². The summed E-state index contributed by atoms with van der Waals surface area (Å²) >= 11 is 0. The van der Waals surface area contributed by atoms with Crippen LogP contribution in [-0.2, 0) is 27.4 Å². The number of fused-ring (bicyclic) bond motifs is 1. The van der Waals surface area contributed by atoms with Crippen molar-refractivity contribution in [2.24, 2.45) is 5.92 Å². The monoisotopic (exact) mass is 508 g/mol. The van der Waals surface area contributed by atoms with E-state index in [1.165, 1.54) is 0 Å². The molecule has 1 saturated carbocycles. The summed E-state index contributed by atoms with van der Waals surface area (Å²) in [5, 5.41) is 3.46. The molecule has 2 aromatic rings. The molecule has 0 spiro atoms. The average molecular weight is 509 g/mol. The third kappa shape index (κ3) is 8.11. The Balaban J connectivity index is 1.85. The Morgan fingerprint density at radius 1 is 1.27 bits per heavy atom. The Bertz CT molecular complexity index is 1120. The first-order valence-corrected chi connectivity index (χ1v) is 13.6. The molecule has 0 aliphatic heterocycles. The van der Waals surface area contributed by atoms with Gasteiger partial charge in [0, 0.05) is 25.2 Å². The van der Waals surface area contributed by atoms with Crippen molar-refractivity contribution in [1.82, 2.24) is 19.8 Å². The fourth-order valence-electron chi connectivity index (χ4n) is 4.82. The van der Waals surface area contributed by atoms with E-state index < -0.39 is 0 Å². The molecule has 0 radical (unpaired) electrons. The lowest BCUT2D eigenvalue weighted by molar-refractivity contribution is -0.151. The van der Waals surface area contributed by atoms with Gasteiger partial charge in [0.2, 0.25) is 0 Å². The molecule has 0 amide bonds. The summed E-state index contributed by atoms with van der Waals surface area (Å²) in [6.45, 7) is 10.2. The Hall–Kier alpha value is -2.77. The van der Waals surface area contributed by atoms with Crippen LogP contribution in [0.15, 0.2) is 35.9 Å². The minimum absolute atomic E-state index is 0.0718. The Morgan fingerprint density at radius 3 is 2.62 bits per heavy atom. The number of esters is 1. The first kappa shape index (κ1) is 28.8. The first-order valence-electron chi connectivity index (χ1n) is 13.6. The molecule has 7 nitrogen and oxygen atoms in total. The highest BCUT2D eigenvalue weighted by atomic mass is 16.5. The van der Waals surface area contributed by atoms with E-state index >= 15 is 0 Å². The molecule has 0 bridgehead atoms. The van der Waals surface area contributed by atoms with E-state index in [0.29, 0.717) is 18.0 Å². The molecule has 1 atom stereocenters. The lowest BCUT2D eigenvalue weighted by Crippen LogP contribution is -2.40. The summed E-state index contributed by atoms with van der Waals surface area (Å²) in [7, 11) is 4.11. The van der Waals surface area contributed by atoms with Gasteiger partial charge in [-0.3, -0.25) is 9.59 Å². The average Bonchev–Trinajstić information content (AvgIpc) is 3.50. The number of nitrogens with zero attached hydrogens (tertiary/aromatic N) is 3. The molecule has 1 aromatic heterocycles. The van der Waals surface area contributed by atoms with Gasteiger partial charge in [-0.2, -0.15) is 0 Å². The number of allylic oxidation sites excluding steroid dienone is 4. The standard InChI is InChI=1S/C30H44N4O3/c1-7-24(17-22(4)20-35)29-32-26-18-23(12-13-28(26)34(29)15-14-33(5)6)19-31-27(16-21(2)3)30(36)37-25-10-8-9-11-25/h7,12-13,17-18,20-21,25,27,31H,8-11,14-16,19H2,1-6H3/b22-17-,24-7+. The van der Waals surface area contributed by atoms with Gasteiger partial charge in [-0.1, -0.05) is 26.0 Å². The van der Waals surface area contributed by atoms with Gasteiger partial charge in [-0.05, 0) is 95.3 Å². The van der Waals surface area contributed by atoms with Gasteiger partial charge in [-0.15, -0.1) is 0 Å². The molecule has 1 unspecified atom stereocenters. The fourth-order valence-corrected chi connectivity index (χ4v) is 4.82. The molecule has 1 aliphatic carbocycles. The molecule has 37 heavy (non-hydrogen) atoms. The van der Waals surface area contributed by atoms with Gasteiger partial charge >= 0.3 is 5.97 Å². The zero-order valence-corrected chi connectivity index (χ0v) is 23.4. The normalized spacial score (nSPS) is 16.2. The van der Waals surface area contributed by atoms with E-state index in [0.717, 1.165) is 79.5 Å². The molecule has 1 heterocycles. The molecule has 1 aromatic carbocycles. The highest BCUT2D eigenvalue weighted by Crippen LogP contribution is 2.25. The van der Waals surface area contributed by atoms with E-state index in [2.05, 4.69) is 60.9 Å². The Morgan fingerprint density at radius 2 is 2.00 bits per heavy atom. The minimum Gasteiger partial charge on any atom is -0.461 e. The molecule has 1 aliphatic rings. The number of nitrogens with one attached hydrogen (secondary N) is 1. The number of carbonyl (C=O) groups is 2. The zero-order chi connectivity index (χ0) is 26.9. The highest BCUT2D eigenvalue weighted by molar-refractivity contribution is 5.86. The maximum atomic E-state index is 12.9. The van der Waals surface area contributed by atoms with Crippen molar-refractivity contribution in [1.29, 1.82) is 0 Å². The maximum Gasteiger partial charge on any atom is 0.323 e. The van der Waals surface area contributed by atoms with Crippen molar-refractivity contribution in [3.8, 4) is 0 Å². The summed E-state index contributed by atoms with van der Waals surface area (Å²) in [6, 6.07) is 5.98. The van der Waals surface area contributed by atoms with Crippen molar-refractivity contribution >= 4 is 28.9 Å². The summed E-state index contributed by atoms with van der Waals surface area (Å²) in [5.74, 6) is 1.10. The second kappa shape index (κ2) is 13.7. The van der Waals surface area contributed by atoms with Crippen LogP contribution in [0.4, 0.5) is 0 Å². The number of hydrogen-bond acceptors (Lipinski definition) is 6. The summed E-state index contributed by atoms with van der Waals surface area (Å²) in [6.07, 6.45) is 9.80. The van der Waals surface area contributed by atoms with Crippen LogP contribution in [0.2, 0.25) is 0 Å². The predicted molar refractivity (Wildman–Crippen MR) is 150 cm³/mol. The van der Waals surface area contributed by atoms with Gasteiger partial charge in [-0.25, -0.2) is 4.98 Å². The van der Waals surface area contributed by atoms with Crippen LogP contribution < -0.4 is 5.32 Å². The molecule has 7 heteroatoms. The van der Waals surface area contributed by atoms with Gasteiger partial charge in [0.05, 0.1) is 11.0 Å². The minimum atomic E-state index is -0.324. The third-order valence-corrected chi connectivity index (χ3v) is 6.85. The van der Waals surface area contributed by atoms with Gasteiger partial charge in [0.25, 0.3) is 0 Å². The first-order chi connectivity index (χ1) is 17.7. The van der Waals surface area contributed by atoms with Crippen LogP contribution in [0.25, 0.3) is 16.6 Å². The van der Waals surface area contributed by atoms with Crippen molar-refractivity contribution in [3.63, 3.8) is 0 Å². The number of hydrogen-bond donors (Lipinski definition) is 1. The van der Waals surface area contributed by atoms with Crippen LogP contribution in [0.5, 0.6) is 0 Å². The van der Waals surface area contributed by atoms with Crippen LogP contribution in [-0.4, -0.2) is 59.5 Å². The van der Waals surface area contributed by atoms with Crippen molar-refractivity contribution in [2.45, 2.75) is 85.0 Å². The van der Waals surface area contributed by atoms with Gasteiger partial charge < -0.3 is 19.5 Å². The van der Waals surface area contributed by atoms with Crippen LogP contribution >= 0.6 is 0 Å². The highest BCUT2D eigenvalue weighted by Gasteiger charge is 2.26. The molecule has 3 rings (SSSR count). The molecular weight excluding hydrogens is 464 g/mol. The van der Waals surface area contributed by atoms with Crippen LogP contribution in [0.3, 0.4) is 0 Å². The maximum absolute atomic E-state index is 12.9. The number of benzene rings is 1. The zero-order valence-electron chi connectivity index (χ0n) is 23.4. The van der Waals surface area contributed by atoms with E-state index in [9.17, 15) is 9.59 Å². The van der Waals surface area contributed by atoms with Gasteiger partial charge in [0.15, 0.2) is 0 Å². The molecule has 1 N–H and O–H groups in total. The molecule has 1 fully saturated rings. The SMILES string of the molecule is C/C=C(\C=C(\C)C=O)c1nc2cc(CNC(CC(C)C)C(=O)OC3CCCC3)ccc2n1CCN(C)C. The topological polar surface area (TPSA) is 76.5 Å². The van der Waals surface area contributed by atoms with Crippen molar-refractivity contribution < 1.29 is 14.3 Å². The number of carbonyl (C=O) groups excluding carboxylic acids is 2. The number of aromatic nitrogens is 2. The lowest BCUT2D eigenvalue weighted by Gasteiger charge is -2.22. The number of aldehydes is 1. The van der Waals surface area contributed by atoms with Crippen molar-refractivity contribution in [2.75, 3.05) is 20.6 Å². The lowest BCUT2D eigenvalue weighted by atomic mass is 10.0. The fraction of sp³-hybridized carbons (Fsp3) is 0.567. The van der Waals surface area contributed by atoms with Crippen LogP contribution in [0.1, 0.15) is 71.2 Å². The van der Waals surface area contributed by atoms with Crippen LogP contribution in [0, 0.1) is 5.92 Å². The number of rotatable bonds is 13. The predicted octanol–water partition coefficient (Wildman–Crippen LogP) is 5.14. The smallest absolute Gasteiger partial charge is 0.323 e. The molecule has 0 saturated heterocycles. The summed E-state index contributed by atoms with van der Waals surface area (Å²) in [5.41, 5.74) is 4.60. The van der Waals surface area contributed by atoms with E-state index in [1.54, 1.807) is 6.92 Å². The second-order valence-electron chi connectivity index (χ2n) is 10.9. The van der Waals surface area contributed by atoms with E-state index in [-0.39, 0.29) is 18.1 Å². The largest absolute Gasteiger partial charge is 0.461 e. The summed E-state index contributed by atoms with van der Waals surface area (Å²) < 4.78 is 8.04. The molecular formula is C30H44N4O3. The van der Waals surface area contributed by atoms with Gasteiger partial charge in [0.1, 0.15) is 24.3 Å². The van der Waals surface area contributed by atoms with Crippen molar-refractivity contribution in [3.05, 3.63) is 47.3 Å². The summed E-state index contributed by atoms with van der Waals surface area (Å²) in [4.78, 5) is 31.3. The number of ether oxygens (including phenoxy) is 1. The van der Waals surface area contributed by atoms with E-state index in [4.69, 9.17) is 9.72 Å². The number of imidazole rings is 1. The third-order valence-electron chi connectivity index (χ3n) is 6.85. The number of likely N-dealkylation sites (N-methyl/N-ethyl adjacent to an activating group) is 1. The molecule has 202 valence electrons. The Kier molecular flexibility index (Phi) is 10.6. The van der Waals surface area contributed by atoms with E-state index in [1.807, 2.05) is 19.1 Å².